The van der Waals surface area contributed by atoms with E-state index in [1.807, 2.05) is 50.4 Å². The number of carboxylic acids is 1. The molecule has 2 atom stereocenters. The fourth-order valence-corrected chi connectivity index (χ4v) is 6.93. The maximum absolute atomic E-state index is 13.0. The number of hydrogen-bond acceptors (Lipinski definition) is 8. The van der Waals surface area contributed by atoms with Crippen LogP contribution >= 0.6 is 0 Å². The Morgan fingerprint density at radius 1 is 1.10 bits per heavy atom. The SMILES string of the molecule is Cc1c(O[C@@H](C)CCC2CCN(CC(=O)Nc3ccc4c(C5CCC(=O)NC5=O)nn(C)c4c3)CC2)cccc1-c1ccnc(C(=O)O)c1. The Bertz CT molecular complexity index is 1900. The molecule has 12 heteroatoms. The van der Waals surface area contributed by atoms with Gasteiger partial charge in [-0.1, -0.05) is 12.1 Å². The number of benzene rings is 2. The molecule has 2 saturated heterocycles. The highest BCUT2D eigenvalue weighted by molar-refractivity contribution is 6.03. The van der Waals surface area contributed by atoms with E-state index in [4.69, 9.17) is 4.74 Å². The van der Waals surface area contributed by atoms with Gasteiger partial charge in [-0.25, -0.2) is 9.78 Å². The number of anilines is 1. The highest BCUT2D eigenvalue weighted by atomic mass is 16.5. The van der Waals surface area contributed by atoms with Crippen molar-refractivity contribution in [3.05, 3.63) is 71.7 Å². The number of ether oxygens (including phenoxy) is 1. The van der Waals surface area contributed by atoms with Crippen molar-refractivity contribution in [2.75, 3.05) is 25.0 Å². The number of carbonyl (C=O) groups excluding carboxylic acids is 3. The van der Waals surface area contributed by atoms with Crippen molar-refractivity contribution >= 4 is 40.3 Å². The van der Waals surface area contributed by atoms with Gasteiger partial charge in [-0.3, -0.25) is 29.3 Å². The summed E-state index contributed by atoms with van der Waals surface area (Å²) in [7, 11) is 1.81. The van der Waals surface area contributed by atoms with Gasteiger partial charge < -0.3 is 15.2 Å². The quantitative estimate of drug-likeness (QED) is 0.186. The first-order chi connectivity index (χ1) is 23.5. The average Bonchev–Trinajstić information content (AvgIpc) is 3.40. The molecule has 4 aromatic rings. The van der Waals surface area contributed by atoms with Crippen LogP contribution in [0, 0.1) is 12.8 Å². The second-order valence-corrected chi connectivity index (χ2v) is 13.2. The summed E-state index contributed by atoms with van der Waals surface area (Å²) in [6.07, 6.45) is 6.24. The number of pyridine rings is 1. The lowest BCUT2D eigenvalue weighted by Crippen LogP contribution is -2.39. The molecule has 3 N–H and O–H groups in total. The third-order valence-electron chi connectivity index (χ3n) is 9.69. The summed E-state index contributed by atoms with van der Waals surface area (Å²) >= 11 is 0. The number of aromatic nitrogens is 3. The fourth-order valence-electron chi connectivity index (χ4n) is 6.93. The molecule has 2 aliphatic rings. The second-order valence-electron chi connectivity index (χ2n) is 13.2. The minimum atomic E-state index is -1.06. The number of nitrogens with zero attached hydrogens (tertiary/aromatic N) is 4. The molecule has 0 spiro atoms. The van der Waals surface area contributed by atoms with E-state index >= 15 is 0 Å². The third kappa shape index (κ3) is 7.80. The molecule has 0 bridgehead atoms. The Labute approximate surface area is 284 Å². The van der Waals surface area contributed by atoms with Crippen molar-refractivity contribution in [1.82, 2.24) is 25.0 Å². The molecule has 2 aromatic heterocycles. The predicted molar refractivity (Wildman–Crippen MR) is 184 cm³/mol. The van der Waals surface area contributed by atoms with Crippen molar-refractivity contribution in [1.29, 1.82) is 0 Å². The lowest BCUT2D eigenvalue weighted by molar-refractivity contribution is -0.134. The molecule has 3 amide bonds. The van der Waals surface area contributed by atoms with Crippen molar-refractivity contribution in [3.63, 3.8) is 0 Å². The molecule has 6 rings (SSSR count). The van der Waals surface area contributed by atoms with Gasteiger partial charge in [0.15, 0.2) is 0 Å². The summed E-state index contributed by atoms with van der Waals surface area (Å²) in [5.74, 6) is -0.830. The first kappa shape index (κ1) is 33.8. The van der Waals surface area contributed by atoms with Crippen molar-refractivity contribution in [3.8, 4) is 16.9 Å². The molecule has 2 aromatic carbocycles. The number of amides is 3. The van der Waals surface area contributed by atoms with Gasteiger partial charge in [0, 0.05) is 30.7 Å². The molecule has 256 valence electrons. The number of aromatic carboxylic acids is 1. The summed E-state index contributed by atoms with van der Waals surface area (Å²) in [6.45, 7) is 6.10. The van der Waals surface area contributed by atoms with Crippen LogP contribution in [-0.4, -0.2) is 74.2 Å². The van der Waals surface area contributed by atoms with Crippen LogP contribution in [0.1, 0.15) is 73.1 Å². The van der Waals surface area contributed by atoms with E-state index in [1.54, 1.807) is 16.8 Å². The zero-order valence-corrected chi connectivity index (χ0v) is 28.1. The number of nitrogens with one attached hydrogen (secondary N) is 2. The third-order valence-corrected chi connectivity index (χ3v) is 9.69. The number of piperidine rings is 2. The van der Waals surface area contributed by atoms with E-state index in [-0.39, 0.29) is 35.9 Å². The summed E-state index contributed by atoms with van der Waals surface area (Å²) in [6, 6.07) is 14.8. The molecule has 0 radical (unpaired) electrons. The zero-order chi connectivity index (χ0) is 34.7. The largest absolute Gasteiger partial charge is 0.490 e. The molecule has 0 saturated carbocycles. The number of likely N-dealkylation sites (tertiary alicyclic amines) is 1. The standard InChI is InChI=1S/C37H42N6O6/c1-22(49-32-6-4-5-27(23(32)2)25-13-16-38-30(19-25)37(47)48)7-8-24-14-17-43(18-15-24)21-34(45)39-26-9-10-28-31(20-26)42(3)41-35(28)29-11-12-33(44)40-36(29)46/h4-6,9-10,13,16,19-20,22,24,29H,7-8,11-12,14-15,17-18,21H2,1-3H3,(H,39,45)(H,47,48)(H,40,44,46)/t22-,29?/m0/s1. The minimum Gasteiger partial charge on any atom is -0.490 e. The van der Waals surface area contributed by atoms with E-state index in [9.17, 15) is 24.3 Å². The first-order valence-electron chi connectivity index (χ1n) is 16.8. The number of hydrogen-bond donors (Lipinski definition) is 3. The first-order valence-corrected chi connectivity index (χ1v) is 16.8. The highest BCUT2D eigenvalue weighted by Gasteiger charge is 2.31. The number of rotatable bonds is 11. The van der Waals surface area contributed by atoms with Gasteiger partial charge in [0.05, 0.1) is 29.8 Å². The Hall–Kier alpha value is -5.10. The van der Waals surface area contributed by atoms with Crippen LogP contribution in [0.4, 0.5) is 5.69 Å². The van der Waals surface area contributed by atoms with E-state index in [0.29, 0.717) is 30.3 Å². The van der Waals surface area contributed by atoms with E-state index in [2.05, 4.69) is 32.5 Å². The molecule has 4 heterocycles. The van der Waals surface area contributed by atoms with Crippen LogP contribution in [0.25, 0.3) is 22.0 Å². The monoisotopic (exact) mass is 666 g/mol. The van der Waals surface area contributed by atoms with Crippen LogP contribution in [0.2, 0.25) is 0 Å². The van der Waals surface area contributed by atoms with E-state index in [1.165, 1.54) is 6.20 Å². The van der Waals surface area contributed by atoms with Gasteiger partial charge in [-0.2, -0.15) is 5.10 Å². The van der Waals surface area contributed by atoms with Crippen molar-refractivity contribution in [2.24, 2.45) is 13.0 Å². The predicted octanol–water partition coefficient (Wildman–Crippen LogP) is 5.06. The van der Waals surface area contributed by atoms with Gasteiger partial charge in [0.25, 0.3) is 0 Å². The Morgan fingerprint density at radius 3 is 2.65 bits per heavy atom. The molecular weight excluding hydrogens is 624 g/mol. The lowest BCUT2D eigenvalue weighted by atomic mass is 9.91. The van der Waals surface area contributed by atoms with E-state index in [0.717, 1.165) is 72.1 Å². The number of fused-ring (bicyclic) bond motifs is 1. The summed E-state index contributed by atoms with van der Waals surface area (Å²) in [5, 5.41) is 20.2. The molecule has 0 aliphatic carbocycles. The highest BCUT2D eigenvalue weighted by Crippen LogP contribution is 2.33. The normalized spacial score (nSPS) is 17.9. The van der Waals surface area contributed by atoms with Gasteiger partial charge in [0.2, 0.25) is 17.7 Å². The number of aryl methyl sites for hydroxylation is 1. The fraction of sp³-hybridized carbons (Fsp3) is 0.405. The summed E-state index contributed by atoms with van der Waals surface area (Å²) in [4.78, 5) is 54.5. The summed E-state index contributed by atoms with van der Waals surface area (Å²) < 4.78 is 8.06. The van der Waals surface area contributed by atoms with E-state index < -0.39 is 11.9 Å². The molecule has 49 heavy (non-hydrogen) atoms. The van der Waals surface area contributed by atoms with Gasteiger partial charge >= 0.3 is 5.97 Å². The minimum absolute atomic E-state index is 0.00867. The van der Waals surface area contributed by atoms with Crippen LogP contribution in [-0.2, 0) is 21.4 Å². The number of carboxylic acid groups (broad SMARTS) is 1. The maximum Gasteiger partial charge on any atom is 0.354 e. The summed E-state index contributed by atoms with van der Waals surface area (Å²) in [5.41, 5.74) is 4.80. The Kier molecular flexibility index (Phi) is 10.0. The molecule has 12 nitrogen and oxygen atoms in total. The molecule has 2 aliphatic heterocycles. The topological polar surface area (TPSA) is 156 Å². The van der Waals surface area contributed by atoms with Crippen LogP contribution < -0.4 is 15.4 Å². The van der Waals surface area contributed by atoms with Crippen LogP contribution in [0.15, 0.2) is 54.7 Å². The number of carbonyl (C=O) groups is 4. The lowest BCUT2D eigenvalue weighted by Gasteiger charge is -2.32. The molecule has 2 fully saturated rings. The molecule has 1 unspecified atom stereocenters. The van der Waals surface area contributed by atoms with Gasteiger partial charge in [0.1, 0.15) is 11.4 Å². The number of imide groups is 1. The van der Waals surface area contributed by atoms with Gasteiger partial charge in [-0.15, -0.1) is 0 Å². The van der Waals surface area contributed by atoms with Crippen LogP contribution in [0.5, 0.6) is 5.75 Å². The average molecular weight is 667 g/mol. The van der Waals surface area contributed by atoms with Gasteiger partial charge in [-0.05, 0) is 118 Å². The van der Waals surface area contributed by atoms with Crippen LogP contribution in [0.3, 0.4) is 0 Å². The second kappa shape index (κ2) is 14.6. The van der Waals surface area contributed by atoms with Crippen molar-refractivity contribution in [2.45, 2.75) is 64.4 Å². The zero-order valence-electron chi connectivity index (χ0n) is 28.1. The Morgan fingerprint density at radius 2 is 1.90 bits per heavy atom. The molecular formula is C37H42N6O6. The maximum atomic E-state index is 13.0. The Balaban J connectivity index is 0.961. The van der Waals surface area contributed by atoms with Crippen molar-refractivity contribution < 1.29 is 29.0 Å². The smallest absolute Gasteiger partial charge is 0.354 e.